The van der Waals surface area contributed by atoms with E-state index in [4.69, 9.17) is 9.47 Å². The topological polar surface area (TPSA) is 69.7 Å². The Balaban J connectivity index is 1.88. The molecule has 0 aliphatic carbocycles. The molecule has 5 nitrogen and oxygen atoms in total. The summed E-state index contributed by atoms with van der Waals surface area (Å²) in [6.45, 7) is 5.14. The fraction of sp³-hybridized carbons (Fsp3) is 0.125. The second kappa shape index (κ2) is 8.52. The van der Waals surface area contributed by atoms with Crippen molar-refractivity contribution in [1.82, 2.24) is 0 Å². The van der Waals surface area contributed by atoms with Crippen molar-refractivity contribution >= 4 is 17.7 Å². The molecule has 0 heterocycles. The Morgan fingerprint density at radius 3 is 1.34 bits per heavy atom. The van der Waals surface area contributed by atoms with Gasteiger partial charge in [-0.2, -0.15) is 0 Å². The van der Waals surface area contributed by atoms with Crippen LogP contribution in [0.2, 0.25) is 0 Å². The van der Waals surface area contributed by atoms with Crippen LogP contribution < -0.4 is 9.47 Å². The van der Waals surface area contributed by atoms with E-state index < -0.39 is 11.9 Å². The second-order valence-electron chi connectivity index (χ2n) is 6.70. The second-order valence-corrected chi connectivity index (χ2v) is 6.70. The molecule has 146 valence electrons. The first-order valence-electron chi connectivity index (χ1n) is 9.07. The van der Waals surface area contributed by atoms with E-state index in [1.54, 1.807) is 54.6 Å². The molecule has 0 aromatic heterocycles. The van der Waals surface area contributed by atoms with Gasteiger partial charge < -0.3 is 9.47 Å². The van der Waals surface area contributed by atoms with Crippen molar-refractivity contribution in [1.29, 1.82) is 0 Å². The monoisotopic (exact) mass is 388 g/mol. The molecular formula is C24H20O5. The van der Waals surface area contributed by atoms with Crippen molar-refractivity contribution in [3.63, 3.8) is 0 Å². The third kappa shape index (κ3) is 4.76. The highest BCUT2D eigenvalue weighted by Gasteiger charge is 2.21. The number of carbonyl (C=O) groups is 3. The van der Waals surface area contributed by atoms with Crippen LogP contribution in [0.3, 0.4) is 0 Å². The predicted molar refractivity (Wildman–Crippen MR) is 109 cm³/mol. The van der Waals surface area contributed by atoms with E-state index in [2.05, 4.69) is 0 Å². The zero-order chi connectivity index (χ0) is 21.0. The Morgan fingerprint density at radius 1 is 0.621 bits per heavy atom. The summed E-state index contributed by atoms with van der Waals surface area (Å²) >= 11 is 0. The summed E-state index contributed by atoms with van der Waals surface area (Å²) in [6, 6.07) is 18.3. The molecule has 0 bridgehead atoms. The quantitative estimate of drug-likeness (QED) is 0.352. The van der Waals surface area contributed by atoms with Gasteiger partial charge in [-0.05, 0) is 57.2 Å². The van der Waals surface area contributed by atoms with Crippen LogP contribution in [0.4, 0.5) is 0 Å². The van der Waals surface area contributed by atoms with Crippen molar-refractivity contribution in [3.8, 4) is 11.5 Å². The average molecular weight is 388 g/mol. The number of hydrogen-bond acceptors (Lipinski definition) is 5. The minimum absolute atomic E-state index is 0.0356. The summed E-state index contributed by atoms with van der Waals surface area (Å²) in [5.41, 5.74) is 2.76. The molecule has 0 saturated heterocycles. The van der Waals surface area contributed by atoms with Gasteiger partial charge >= 0.3 is 11.9 Å². The summed E-state index contributed by atoms with van der Waals surface area (Å²) in [4.78, 5) is 37.1. The number of carbonyl (C=O) groups excluding carboxylic acids is 3. The highest BCUT2D eigenvalue weighted by Crippen LogP contribution is 2.30. The van der Waals surface area contributed by atoms with Gasteiger partial charge in [0.1, 0.15) is 17.1 Å². The van der Waals surface area contributed by atoms with Gasteiger partial charge in [0, 0.05) is 0 Å². The first kappa shape index (κ1) is 20.0. The predicted octanol–water partition coefficient (Wildman–Crippen LogP) is 4.94. The van der Waals surface area contributed by atoms with Crippen LogP contribution in [0, 0.1) is 13.8 Å². The highest BCUT2D eigenvalue weighted by molar-refractivity contribution is 6.02. The first-order valence-corrected chi connectivity index (χ1v) is 9.07. The molecule has 0 N–H and O–H groups in total. The van der Waals surface area contributed by atoms with Gasteiger partial charge in [-0.1, -0.05) is 41.5 Å². The number of benzene rings is 3. The van der Waals surface area contributed by atoms with E-state index in [1.807, 2.05) is 13.8 Å². The first-order chi connectivity index (χ1) is 13.8. The van der Waals surface area contributed by atoms with E-state index in [0.29, 0.717) is 11.1 Å². The number of aryl methyl sites for hydroxylation is 2. The lowest BCUT2D eigenvalue weighted by Gasteiger charge is -2.13. The van der Waals surface area contributed by atoms with Crippen LogP contribution in [0.15, 0.2) is 66.7 Å². The van der Waals surface area contributed by atoms with E-state index >= 15 is 0 Å². The minimum Gasteiger partial charge on any atom is -0.422 e. The number of hydrogen-bond donors (Lipinski definition) is 0. The van der Waals surface area contributed by atoms with Crippen LogP contribution >= 0.6 is 0 Å². The summed E-state index contributed by atoms with van der Waals surface area (Å²) < 4.78 is 10.9. The normalized spacial score (nSPS) is 10.3. The largest absolute Gasteiger partial charge is 0.422 e. The molecule has 0 radical (unpaired) electrons. The molecule has 0 atom stereocenters. The lowest BCUT2D eigenvalue weighted by atomic mass is 10.1. The standard InChI is InChI=1S/C24H20O5/c1-15-7-11-18(12-8-15)23(26)28-20-5-4-6-21(22(20)17(3)25)29-24(27)19-13-9-16(2)10-14-19/h4-14H,1-3H3. The summed E-state index contributed by atoms with van der Waals surface area (Å²) in [5.74, 6) is -1.51. The van der Waals surface area contributed by atoms with E-state index in [9.17, 15) is 14.4 Å². The molecule has 3 aromatic rings. The summed E-state index contributed by atoms with van der Waals surface area (Å²) in [6.07, 6.45) is 0. The number of esters is 2. The zero-order valence-electron chi connectivity index (χ0n) is 16.4. The lowest BCUT2D eigenvalue weighted by Crippen LogP contribution is -2.14. The number of Topliss-reactive ketones (excluding diaryl/α,β-unsaturated/α-hetero) is 1. The molecule has 0 spiro atoms. The number of rotatable bonds is 5. The maximum absolute atomic E-state index is 12.4. The summed E-state index contributed by atoms with van der Waals surface area (Å²) in [5, 5.41) is 0. The Kier molecular flexibility index (Phi) is 5.88. The molecular weight excluding hydrogens is 368 g/mol. The van der Waals surface area contributed by atoms with E-state index in [1.165, 1.54) is 19.1 Å². The average Bonchev–Trinajstić information content (AvgIpc) is 2.68. The van der Waals surface area contributed by atoms with E-state index in [-0.39, 0.29) is 22.8 Å². The molecule has 3 rings (SSSR count). The third-order valence-electron chi connectivity index (χ3n) is 4.32. The van der Waals surface area contributed by atoms with Crippen LogP contribution in [-0.2, 0) is 0 Å². The van der Waals surface area contributed by atoms with Gasteiger partial charge in [-0.15, -0.1) is 0 Å². The number of ketones is 1. The van der Waals surface area contributed by atoms with Gasteiger partial charge in [-0.3, -0.25) is 4.79 Å². The van der Waals surface area contributed by atoms with Crippen LogP contribution in [0.1, 0.15) is 49.1 Å². The van der Waals surface area contributed by atoms with Crippen molar-refractivity contribution in [2.45, 2.75) is 20.8 Å². The minimum atomic E-state index is -0.602. The van der Waals surface area contributed by atoms with Gasteiger partial charge in [0.25, 0.3) is 0 Å². The molecule has 3 aromatic carbocycles. The maximum Gasteiger partial charge on any atom is 0.343 e. The molecule has 0 aliphatic heterocycles. The van der Waals surface area contributed by atoms with Gasteiger partial charge in [0.15, 0.2) is 5.78 Å². The lowest BCUT2D eigenvalue weighted by molar-refractivity contribution is 0.0729. The molecule has 0 unspecified atom stereocenters. The number of ether oxygens (including phenoxy) is 2. The van der Waals surface area contributed by atoms with Crippen molar-refractivity contribution in [3.05, 3.63) is 94.5 Å². The molecule has 29 heavy (non-hydrogen) atoms. The molecule has 0 fully saturated rings. The van der Waals surface area contributed by atoms with Crippen LogP contribution in [0.25, 0.3) is 0 Å². The Bertz CT molecular complexity index is 986. The zero-order valence-corrected chi connectivity index (χ0v) is 16.4. The Morgan fingerprint density at radius 2 is 1.00 bits per heavy atom. The molecule has 0 saturated carbocycles. The van der Waals surface area contributed by atoms with Crippen molar-refractivity contribution < 1.29 is 23.9 Å². The van der Waals surface area contributed by atoms with Crippen LogP contribution in [0.5, 0.6) is 11.5 Å². The Hall–Kier alpha value is -3.73. The third-order valence-corrected chi connectivity index (χ3v) is 4.32. The fourth-order valence-electron chi connectivity index (χ4n) is 2.72. The van der Waals surface area contributed by atoms with Crippen molar-refractivity contribution in [2.75, 3.05) is 0 Å². The smallest absolute Gasteiger partial charge is 0.343 e. The van der Waals surface area contributed by atoms with Gasteiger partial charge in [0.05, 0.1) is 11.1 Å². The SMILES string of the molecule is CC(=O)c1c(OC(=O)c2ccc(C)cc2)cccc1OC(=O)c1ccc(C)cc1. The van der Waals surface area contributed by atoms with Crippen LogP contribution in [-0.4, -0.2) is 17.7 Å². The van der Waals surface area contributed by atoms with Crippen molar-refractivity contribution in [2.24, 2.45) is 0 Å². The summed E-state index contributed by atoms with van der Waals surface area (Å²) in [7, 11) is 0. The Labute approximate surface area is 168 Å². The van der Waals surface area contributed by atoms with Gasteiger partial charge in [-0.25, -0.2) is 9.59 Å². The highest BCUT2D eigenvalue weighted by atomic mass is 16.5. The molecule has 0 aliphatic rings. The molecule has 5 heteroatoms. The molecule has 0 amide bonds. The maximum atomic E-state index is 12.4. The van der Waals surface area contributed by atoms with Gasteiger partial charge in [0.2, 0.25) is 0 Å². The van der Waals surface area contributed by atoms with E-state index in [0.717, 1.165) is 11.1 Å². The fourth-order valence-corrected chi connectivity index (χ4v) is 2.72.